The molecule has 0 aliphatic heterocycles. The van der Waals surface area contributed by atoms with E-state index < -0.39 is 0 Å². The number of hydrogen-bond donors (Lipinski definition) is 0. The number of fused-ring (bicyclic) bond motifs is 18. The molecule has 0 N–H and O–H groups in total. The van der Waals surface area contributed by atoms with Crippen molar-refractivity contribution in [1.29, 1.82) is 0 Å². The van der Waals surface area contributed by atoms with E-state index in [9.17, 15) is 0 Å². The molecule has 0 radical (unpaired) electrons. The summed E-state index contributed by atoms with van der Waals surface area (Å²) in [6, 6.07) is 65.3. The van der Waals surface area contributed by atoms with Crippen LogP contribution in [0.25, 0.3) is 113 Å². The van der Waals surface area contributed by atoms with Gasteiger partial charge in [0.1, 0.15) is 0 Å². The zero-order valence-electron chi connectivity index (χ0n) is 28.1. The number of thiophene rings is 1. The number of rotatable bonds is 2. The van der Waals surface area contributed by atoms with Crippen molar-refractivity contribution >= 4 is 107 Å². The lowest BCUT2D eigenvalue weighted by atomic mass is 9.89. The molecule has 0 fully saturated rings. The second-order valence-corrected chi connectivity index (χ2v) is 15.0. The first-order valence-corrected chi connectivity index (χ1v) is 18.8. The first kappa shape index (κ1) is 28.2. The highest BCUT2D eigenvalue weighted by molar-refractivity contribution is 7.27. The fraction of sp³-hybridized carbons (Fsp3) is 0. The lowest BCUT2D eigenvalue weighted by Crippen LogP contribution is -1.95. The van der Waals surface area contributed by atoms with Crippen LogP contribution in [0, 0.1) is 0 Å². The Morgan fingerprint density at radius 2 is 0.923 bits per heavy atom. The smallest absolute Gasteiger partial charge is 0.0726 e. The van der Waals surface area contributed by atoms with Gasteiger partial charge in [0.2, 0.25) is 0 Å². The maximum Gasteiger partial charge on any atom is 0.0726 e. The summed E-state index contributed by atoms with van der Waals surface area (Å²) in [5.74, 6) is 0. The van der Waals surface area contributed by atoms with Gasteiger partial charge in [0, 0.05) is 42.7 Å². The summed E-state index contributed by atoms with van der Waals surface area (Å²) in [4.78, 5) is 0. The van der Waals surface area contributed by atoms with Gasteiger partial charge in [-0.05, 0) is 84.5 Å². The van der Waals surface area contributed by atoms with Gasteiger partial charge in [-0.1, -0.05) is 146 Å². The molecule has 10 aromatic carbocycles. The predicted molar refractivity (Wildman–Crippen MR) is 227 cm³/mol. The van der Waals surface area contributed by atoms with Crippen LogP contribution < -0.4 is 0 Å². The third kappa shape index (κ3) is 3.77. The lowest BCUT2D eigenvalue weighted by Gasteiger charge is -2.15. The Balaban J connectivity index is 1.26. The summed E-state index contributed by atoms with van der Waals surface area (Å²) >= 11 is 1.93. The maximum atomic E-state index is 2.55. The summed E-state index contributed by atoms with van der Waals surface area (Å²) in [5, 5.41) is 18.3. The fourth-order valence-electron chi connectivity index (χ4n) is 9.10. The van der Waals surface area contributed by atoms with Gasteiger partial charge in [0.05, 0.1) is 15.7 Å². The molecule has 2 heterocycles. The standard InChI is InChI=1S/C50H29NS/c1-2-15-35-30(12-1)24-25-31-26-27-33(29-42(31)35)32-13-11-14-34(28-32)51-43-22-9-7-20-40(43)47-45-38-18-5-3-16-36(38)37-17-4-6-19-39(37)46(45)48-41-21-8-10-23-44(41)52-50(48)49(47)51/h1-29H. The second kappa shape index (κ2) is 10.5. The average molecular weight is 676 g/mol. The van der Waals surface area contributed by atoms with Crippen molar-refractivity contribution in [2.24, 2.45) is 0 Å². The van der Waals surface area contributed by atoms with Crippen LogP contribution in [0.5, 0.6) is 0 Å². The molecule has 0 aliphatic rings. The molecule has 0 saturated carbocycles. The van der Waals surface area contributed by atoms with E-state index in [1.165, 1.54) is 113 Å². The molecule has 52 heavy (non-hydrogen) atoms. The first-order valence-electron chi connectivity index (χ1n) is 17.9. The molecule has 0 saturated heterocycles. The molecule has 2 aromatic heterocycles. The Morgan fingerprint density at radius 3 is 1.71 bits per heavy atom. The number of nitrogens with zero attached hydrogens (tertiary/aromatic N) is 1. The number of para-hydroxylation sites is 1. The highest BCUT2D eigenvalue weighted by Gasteiger charge is 2.24. The average Bonchev–Trinajstić information content (AvgIpc) is 3.77. The molecule has 0 unspecified atom stereocenters. The highest BCUT2D eigenvalue weighted by Crippen LogP contribution is 2.51. The van der Waals surface area contributed by atoms with Crippen molar-refractivity contribution in [2.45, 2.75) is 0 Å². The number of benzene rings is 10. The molecule has 0 atom stereocenters. The Labute approximate surface area is 303 Å². The van der Waals surface area contributed by atoms with E-state index in [1.54, 1.807) is 0 Å². The summed E-state index contributed by atoms with van der Waals surface area (Å²) in [6.07, 6.45) is 0. The topological polar surface area (TPSA) is 4.93 Å². The fourth-order valence-corrected chi connectivity index (χ4v) is 10.4. The third-order valence-corrected chi connectivity index (χ3v) is 12.5. The van der Waals surface area contributed by atoms with Crippen LogP contribution in [0.3, 0.4) is 0 Å². The largest absolute Gasteiger partial charge is 0.308 e. The molecular weight excluding hydrogens is 647 g/mol. The van der Waals surface area contributed by atoms with Crippen molar-refractivity contribution < 1.29 is 0 Å². The quantitative estimate of drug-likeness (QED) is 0.161. The molecule has 1 nitrogen and oxygen atoms in total. The van der Waals surface area contributed by atoms with E-state index in [4.69, 9.17) is 0 Å². The minimum Gasteiger partial charge on any atom is -0.308 e. The van der Waals surface area contributed by atoms with Gasteiger partial charge in [-0.15, -0.1) is 11.3 Å². The van der Waals surface area contributed by atoms with E-state index in [2.05, 4.69) is 180 Å². The Bertz CT molecular complexity index is 3470. The van der Waals surface area contributed by atoms with E-state index in [-0.39, 0.29) is 0 Å². The minimum absolute atomic E-state index is 1.17. The van der Waals surface area contributed by atoms with Crippen LogP contribution in [-0.2, 0) is 0 Å². The third-order valence-electron chi connectivity index (χ3n) is 11.3. The molecule has 2 heteroatoms. The van der Waals surface area contributed by atoms with Gasteiger partial charge in [0.25, 0.3) is 0 Å². The molecule has 12 rings (SSSR count). The van der Waals surface area contributed by atoms with Crippen LogP contribution >= 0.6 is 11.3 Å². The Morgan fingerprint density at radius 1 is 0.346 bits per heavy atom. The van der Waals surface area contributed by atoms with Gasteiger partial charge in [-0.25, -0.2) is 0 Å². The van der Waals surface area contributed by atoms with Crippen molar-refractivity contribution in [1.82, 2.24) is 4.57 Å². The molecule has 12 aromatic rings. The van der Waals surface area contributed by atoms with Crippen LogP contribution in [0.2, 0.25) is 0 Å². The monoisotopic (exact) mass is 675 g/mol. The predicted octanol–water partition coefficient (Wildman–Crippen LogP) is 14.6. The molecule has 0 aliphatic carbocycles. The van der Waals surface area contributed by atoms with Crippen LogP contribution in [0.1, 0.15) is 0 Å². The van der Waals surface area contributed by atoms with Crippen LogP contribution in [0.15, 0.2) is 176 Å². The second-order valence-electron chi connectivity index (χ2n) is 14.0. The number of hydrogen-bond acceptors (Lipinski definition) is 1. The SMILES string of the molecule is c1cc(-c2ccc3ccc4ccccc4c3c2)cc(-n2c3ccccc3c3c4c5ccccc5c5ccccc5c4c4c5ccccc5sc4c32)c1. The summed E-state index contributed by atoms with van der Waals surface area (Å²) < 4.78 is 5.20. The highest BCUT2D eigenvalue weighted by atomic mass is 32.1. The first-order chi connectivity index (χ1) is 25.8. The Kier molecular flexibility index (Phi) is 5.71. The summed E-state index contributed by atoms with van der Waals surface area (Å²) in [6.45, 7) is 0. The van der Waals surface area contributed by atoms with E-state index in [1.807, 2.05) is 11.3 Å². The van der Waals surface area contributed by atoms with E-state index >= 15 is 0 Å². The molecule has 0 bridgehead atoms. The molecule has 0 amide bonds. The van der Waals surface area contributed by atoms with E-state index in [0.717, 1.165) is 0 Å². The molecule has 0 spiro atoms. The molecular formula is C50H29NS. The maximum absolute atomic E-state index is 2.55. The normalized spacial score (nSPS) is 12.2. The van der Waals surface area contributed by atoms with Crippen molar-refractivity contribution in [3.05, 3.63) is 176 Å². The minimum atomic E-state index is 1.17. The van der Waals surface area contributed by atoms with Crippen molar-refractivity contribution in [2.75, 3.05) is 0 Å². The zero-order valence-corrected chi connectivity index (χ0v) is 28.9. The lowest BCUT2D eigenvalue weighted by molar-refractivity contribution is 1.19. The van der Waals surface area contributed by atoms with Gasteiger partial charge < -0.3 is 4.57 Å². The van der Waals surface area contributed by atoms with Crippen LogP contribution in [0.4, 0.5) is 0 Å². The van der Waals surface area contributed by atoms with Gasteiger partial charge in [-0.2, -0.15) is 0 Å². The van der Waals surface area contributed by atoms with Crippen molar-refractivity contribution in [3.63, 3.8) is 0 Å². The zero-order chi connectivity index (χ0) is 33.9. The van der Waals surface area contributed by atoms with Crippen LogP contribution in [-0.4, -0.2) is 4.57 Å². The number of aromatic nitrogens is 1. The molecule has 240 valence electrons. The van der Waals surface area contributed by atoms with E-state index in [0.29, 0.717) is 0 Å². The van der Waals surface area contributed by atoms with Gasteiger partial charge in [0.15, 0.2) is 0 Å². The van der Waals surface area contributed by atoms with Gasteiger partial charge >= 0.3 is 0 Å². The summed E-state index contributed by atoms with van der Waals surface area (Å²) in [7, 11) is 0. The van der Waals surface area contributed by atoms with Crippen molar-refractivity contribution in [3.8, 4) is 16.8 Å². The van der Waals surface area contributed by atoms with Gasteiger partial charge in [-0.3, -0.25) is 0 Å². The summed E-state index contributed by atoms with van der Waals surface area (Å²) in [5.41, 5.74) is 6.11. The Hall–Kier alpha value is -6.48.